The van der Waals surface area contributed by atoms with E-state index in [0.29, 0.717) is 6.54 Å². The van der Waals surface area contributed by atoms with E-state index >= 15 is 0 Å². The lowest BCUT2D eigenvalue weighted by Crippen LogP contribution is -2.36. The van der Waals surface area contributed by atoms with Gasteiger partial charge in [0.25, 0.3) is 0 Å². The molecule has 1 atom stereocenters. The first-order chi connectivity index (χ1) is 8.46. The second-order valence-electron chi connectivity index (χ2n) is 4.85. The largest absolute Gasteiger partial charge is 0.313 e. The number of rotatable bonds is 5. The summed E-state index contributed by atoms with van der Waals surface area (Å²) in [5.74, 6) is 0.191. The molecule has 2 rings (SSSR count). The minimum absolute atomic E-state index is 0.120. The molecule has 1 aromatic rings. The van der Waals surface area contributed by atoms with E-state index in [1.807, 2.05) is 6.92 Å². The van der Waals surface area contributed by atoms with E-state index in [2.05, 4.69) is 23.0 Å². The van der Waals surface area contributed by atoms with Gasteiger partial charge in [-0.3, -0.25) is 0 Å². The maximum absolute atomic E-state index is 11.9. The summed E-state index contributed by atoms with van der Waals surface area (Å²) < 4.78 is 26.5. The summed E-state index contributed by atoms with van der Waals surface area (Å²) in [6.07, 6.45) is 2.03. The van der Waals surface area contributed by atoms with Crippen LogP contribution in [0.5, 0.6) is 0 Å². The molecule has 6 heteroatoms. The molecular weight excluding hydrogens is 268 g/mol. The minimum atomic E-state index is -3.17. The van der Waals surface area contributed by atoms with Gasteiger partial charge in [-0.1, -0.05) is 0 Å². The number of hydrogen-bond acceptors (Lipinski definition) is 4. The molecule has 4 nitrogen and oxygen atoms in total. The Balaban J connectivity index is 1.88. The molecule has 0 radical (unpaired) electrons. The van der Waals surface area contributed by atoms with E-state index in [0.717, 1.165) is 24.3 Å². The van der Waals surface area contributed by atoms with Crippen molar-refractivity contribution in [2.45, 2.75) is 39.3 Å². The van der Waals surface area contributed by atoms with E-state index < -0.39 is 10.0 Å². The predicted molar refractivity (Wildman–Crippen MR) is 75.4 cm³/mol. The molecule has 0 spiro atoms. The Morgan fingerprint density at radius 2 is 2.28 bits per heavy atom. The van der Waals surface area contributed by atoms with E-state index in [1.54, 1.807) is 11.3 Å². The molecule has 0 amide bonds. The fraction of sp³-hybridized carbons (Fsp3) is 0.667. The minimum Gasteiger partial charge on any atom is -0.313 e. The van der Waals surface area contributed by atoms with Crippen LogP contribution < -0.4 is 10.0 Å². The van der Waals surface area contributed by atoms with Crippen molar-refractivity contribution >= 4 is 21.4 Å². The number of thiophene rings is 1. The van der Waals surface area contributed by atoms with Gasteiger partial charge in [0.15, 0.2) is 0 Å². The van der Waals surface area contributed by atoms with Crippen LogP contribution in [0.2, 0.25) is 0 Å². The Morgan fingerprint density at radius 3 is 2.83 bits per heavy atom. The second-order valence-corrected chi connectivity index (χ2v) is 8.04. The molecular formula is C12H20N2O2S2. The lowest BCUT2D eigenvalue weighted by Gasteiger charge is -2.11. The van der Waals surface area contributed by atoms with Crippen LogP contribution in [0.4, 0.5) is 0 Å². The Labute approximate surface area is 113 Å². The molecule has 0 bridgehead atoms. The first-order valence-electron chi connectivity index (χ1n) is 6.23. The van der Waals surface area contributed by atoms with Crippen molar-refractivity contribution in [3.05, 3.63) is 21.4 Å². The zero-order valence-corrected chi connectivity index (χ0v) is 12.5. The highest BCUT2D eigenvalue weighted by atomic mass is 32.2. The normalized spacial score (nSPS) is 20.4. The lowest BCUT2D eigenvalue weighted by atomic mass is 10.3. The summed E-state index contributed by atoms with van der Waals surface area (Å²) >= 11 is 1.66. The van der Waals surface area contributed by atoms with Crippen LogP contribution in [0, 0.1) is 13.8 Å². The van der Waals surface area contributed by atoms with Gasteiger partial charge in [-0.05, 0) is 44.9 Å². The van der Waals surface area contributed by atoms with Crippen molar-refractivity contribution in [3.63, 3.8) is 0 Å². The molecule has 18 heavy (non-hydrogen) atoms. The van der Waals surface area contributed by atoms with Crippen molar-refractivity contribution in [1.29, 1.82) is 0 Å². The summed E-state index contributed by atoms with van der Waals surface area (Å²) in [6.45, 7) is 5.45. The monoisotopic (exact) mass is 288 g/mol. The van der Waals surface area contributed by atoms with Crippen LogP contribution in [0.1, 0.15) is 28.2 Å². The highest BCUT2D eigenvalue weighted by molar-refractivity contribution is 7.89. The van der Waals surface area contributed by atoms with Crippen molar-refractivity contribution in [2.75, 3.05) is 12.3 Å². The smallest absolute Gasteiger partial charge is 0.213 e. The average molecular weight is 288 g/mol. The van der Waals surface area contributed by atoms with Crippen molar-refractivity contribution in [3.8, 4) is 0 Å². The SMILES string of the molecule is Cc1cc(CNS(=O)(=O)CC2CCCN2)sc1C. The third kappa shape index (κ3) is 3.78. The Morgan fingerprint density at radius 1 is 1.50 bits per heavy atom. The molecule has 1 aliphatic rings. The number of sulfonamides is 1. The van der Waals surface area contributed by atoms with E-state index in [9.17, 15) is 8.42 Å². The zero-order valence-electron chi connectivity index (χ0n) is 10.8. The maximum atomic E-state index is 11.9. The van der Waals surface area contributed by atoms with Gasteiger partial charge < -0.3 is 5.32 Å². The van der Waals surface area contributed by atoms with Gasteiger partial charge in [0.1, 0.15) is 0 Å². The van der Waals surface area contributed by atoms with Crippen LogP contribution >= 0.6 is 11.3 Å². The summed E-state index contributed by atoms with van der Waals surface area (Å²) in [4.78, 5) is 2.33. The quantitative estimate of drug-likeness (QED) is 0.864. The molecule has 1 aromatic heterocycles. The van der Waals surface area contributed by atoms with Crippen LogP contribution in [0.25, 0.3) is 0 Å². The molecule has 1 unspecified atom stereocenters. The van der Waals surface area contributed by atoms with E-state index in [4.69, 9.17) is 0 Å². The lowest BCUT2D eigenvalue weighted by molar-refractivity contribution is 0.564. The fourth-order valence-corrected chi connectivity index (χ4v) is 4.53. The number of nitrogens with one attached hydrogen (secondary N) is 2. The summed E-state index contributed by atoms with van der Waals surface area (Å²) in [6, 6.07) is 2.17. The highest BCUT2D eigenvalue weighted by Gasteiger charge is 2.21. The number of hydrogen-bond donors (Lipinski definition) is 2. The summed E-state index contributed by atoms with van der Waals surface area (Å²) in [7, 11) is -3.17. The Kier molecular flexibility index (Phi) is 4.42. The molecule has 0 aromatic carbocycles. The summed E-state index contributed by atoms with van der Waals surface area (Å²) in [5, 5.41) is 3.21. The molecule has 102 valence electrons. The van der Waals surface area contributed by atoms with Crippen molar-refractivity contribution < 1.29 is 8.42 Å². The van der Waals surface area contributed by atoms with Gasteiger partial charge in [0.05, 0.1) is 5.75 Å². The van der Waals surface area contributed by atoms with Gasteiger partial charge in [0, 0.05) is 22.3 Å². The molecule has 1 saturated heterocycles. The van der Waals surface area contributed by atoms with E-state index in [-0.39, 0.29) is 11.8 Å². The molecule has 0 aliphatic carbocycles. The first-order valence-corrected chi connectivity index (χ1v) is 8.70. The first kappa shape index (κ1) is 14.0. The Hall–Kier alpha value is -0.430. The third-order valence-electron chi connectivity index (χ3n) is 3.27. The highest BCUT2D eigenvalue weighted by Crippen LogP contribution is 2.20. The Bertz CT molecular complexity index is 483. The standard InChI is InChI=1S/C12H20N2O2S2/c1-9-6-12(17-10(9)2)7-14-18(15,16)8-11-4-3-5-13-11/h6,11,13-14H,3-5,7-8H2,1-2H3. The molecule has 2 N–H and O–H groups in total. The zero-order chi connectivity index (χ0) is 13.2. The van der Waals surface area contributed by atoms with Gasteiger partial charge >= 0.3 is 0 Å². The molecule has 1 fully saturated rings. The second kappa shape index (κ2) is 5.69. The van der Waals surface area contributed by atoms with Crippen molar-refractivity contribution in [2.24, 2.45) is 0 Å². The molecule has 0 saturated carbocycles. The van der Waals surface area contributed by atoms with Crippen LogP contribution in [-0.2, 0) is 16.6 Å². The van der Waals surface area contributed by atoms with Gasteiger partial charge in [-0.15, -0.1) is 11.3 Å². The fourth-order valence-electron chi connectivity index (χ4n) is 2.14. The maximum Gasteiger partial charge on any atom is 0.213 e. The topological polar surface area (TPSA) is 58.2 Å². The molecule has 1 aliphatic heterocycles. The van der Waals surface area contributed by atoms with E-state index in [1.165, 1.54) is 10.4 Å². The van der Waals surface area contributed by atoms with Gasteiger partial charge in [-0.2, -0.15) is 0 Å². The van der Waals surface area contributed by atoms with Gasteiger partial charge in [0.2, 0.25) is 10.0 Å². The average Bonchev–Trinajstić information content (AvgIpc) is 2.87. The van der Waals surface area contributed by atoms with Crippen LogP contribution in [0.15, 0.2) is 6.07 Å². The van der Waals surface area contributed by atoms with Crippen molar-refractivity contribution in [1.82, 2.24) is 10.0 Å². The predicted octanol–water partition coefficient (Wildman–Crippen LogP) is 1.54. The number of aryl methyl sites for hydroxylation is 2. The summed E-state index contributed by atoms with van der Waals surface area (Å²) in [5.41, 5.74) is 1.23. The van der Waals surface area contributed by atoms with Gasteiger partial charge in [-0.25, -0.2) is 13.1 Å². The van der Waals surface area contributed by atoms with Crippen LogP contribution in [0.3, 0.4) is 0 Å². The van der Waals surface area contributed by atoms with Crippen LogP contribution in [-0.4, -0.2) is 26.8 Å². The third-order valence-corrected chi connectivity index (χ3v) is 5.84. The molecule has 2 heterocycles.